The first-order chi connectivity index (χ1) is 12.7. The molecule has 26 heavy (non-hydrogen) atoms. The monoisotopic (exact) mass is 378 g/mol. The van der Waals surface area contributed by atoms with E-state index in [-0.39, 0.29) is 0 Å². The van der Waals surface area contributed by atoms with Crippen molar-refractivity contribution in [3.8, 4) is 5.75 Å². The maximum atomic E-state index is 10.5. The van der Waals surface area contributed by atoms with Gasteiger partial charge < -0.3 is 5.11 Å². The topological polar surface area (TPSA) is 20.2 Å². The number of aromatic hydroxyl groups is 1. The standard InChI is InChI=1S/C24H42OS/c1-4-6-8-9-10-11-12-13-14-15-19-23(26-20-7-5-2)22-18-16-17-21(3)24(22)25/h16-18,23,25H,4-15,19-20H2,1-3H3. The molecule has 1 aromatic rings. The van der Waals surface area contributed by atoms with E-state index in [2.05, 4.69) is 26.0 Å². The van der Waals surface area contributed by atoms with Crippen LogP contribution in [0.15, 0.2) is 18.2 Å². The minimum absolute atomic E-state index is 0.454. The van der Waals surface area contributed by atoms with E-state index < -0.39 is 0 Å². The van der Waals surface area contributed by atoms with Crippen LogP contribution in [0.3, 0.4) is 0 Å². The largest absolute Gasteiger partial charge is 0.507 e. The summed E-state index contributed by atoms with van der Waals surface area (Å²) >= 11 is 2.04. The maximum absolute atomic E-state index is 10.5. The van der Waals surface area contributed by atoms with Gasteiger partial charge in [-0.15, -0.1) is 0 Å². The lowest BCUT2D eigenvalue weighted by Crippen LogP contribution is -1.98. The molecule has 1 unspecified atom stereocenters. The highest BCUT2D eigenvalue weighted by atomic mass is 32.2. The van der Waals surface area contributed by atoms with Crippen molar-refractivity contribution in [2.45, 2.75) is 109 Å². The van der Waals surface area contributed by atoms with E-state index in [4.69, 9.17) is 0 Å². The summed E-state index contributed by atoms with van der Waals surface area (Å²) in [5.41, 5.74) is 2.16. The number of hydrogen-bond acceptors (Lipinski definition) is 2. The van der Waals surface area contributed by atoms with Crippen molar-refractivity contribution < 1.29 is 5.11 Å². The van der Waals surface area contributed by atoms with Crippen LogP contribution in [-0.4, -0.2) is 10.9 Å². The molecule has 0 heterocycles. The molecule has 0 aromatic heterocycles. The molecule has 1 N–H and O–H groups in total. The number of thioether (sulfide) groups is 1. The molecule has 0 aliphatic carbocycles. The first-order valence-corrected chi connectivity index (χ1v) is 12.2. The number of para-hydroxylation sites is 1. The van der Waals surface area contributed by atoms with Gasteiger partial charge in [0, 0.05) is 10.8 Å². The third kappa shape index (κ3) is 9.90. The van der Waals surface area contributed by atoms with Crippen molar-refractivity contribution in [1.82, 2.24) is 0 Å². The van der Waals surface area contributed by atoms with E-state index in [0.717, 1.165) is 11.1 Å². The van der Waals surface area contributed by atoms with Gasteiger partial charge in [0.15, 0.2) is 0 Å². The SMILES string of the molecule is CCCCCCCCCCCCC(SCCCC)c1cccc(C)c1O. The highest BCUT2D eigenvalue weighted by Gasteiger charge is 2.16. The Kier molecular flexibility index (Phi) is 13.9. The molecule has 0 spiro atoms. The average molecular weight is 379 g/mol. The fraction of sp³-hybridized carbons (Fsp3) is 0.750. The van der Waals surface area contributed by atoms with Crippen LogP contribution < -0.4 is 0 Å². The van der Waals surface area contributed by atoms with Crippen molar-refractivity contribution in [3.63, 3.8) is 0 Å². The molecule has 0 bridgehead atoms. The third-order valence-corrected chi connectivity index (χ3v) is 6.67. The number of hydrogen-bond donors (Lipinski definition) is 1. The van der Waals surface area contributed by atoms with Gasteiger partial charge in [-0.05, 0) is 31.1 Å². The Balaban J connectivity index is 2.30. The molecule has 1 atom stereocenters. The predicted molar refractivity (Wildman–Crippen MR) is 119 cm³/mol. The van der Waals surface area contributed by atoms with Crippen LogP contribution in [0.2, 0.25) is 0 Å². The Morgan fingerprint density at radius 3 is 2.00 bits per heavy atom. The average Bonchev–Trinajstić information content (AvgIpc) is 2.64. The van der Waals surface area contributed by atoms with Gasteiger partial charge in [0.25, 0.3) is 0 Å². The van der Waals surface area contributed by atoms with Gasteiger partial charge >= 0.3 is 0 Å². The highest BCUT2D eigenvalue weighted by molar-refractivity contribution is 7.99. The number of phenols is 1. The van der Waals surface area contributed by atoms with Crippen LogP contribution in [0.4, 0.5) is 0 Å². The van der Waals surface area contributed by atoms with E-state index in [9.17, 15) is 5.11 Å². The molecular weight excluding hydrogens is 336 g/mol. The second kappa shape index (κ2) is 15.4. The quantitative estimate of drug-likeness (QED) is 0.291. The molecule has 0 saturated carbocycles. The molecule has 0 fully saturated rings. The van der Waals surface area contributed by atoms with Gasteiger partial charge in [0.2, 0.25) is 0 Å². The van der Waals surface area contributed by atoms with Crippen LogP contribution in [0, 0.1) is 6.92 Å². The summed E-state index contributed by atoms with van der Waals surface area (Å²) in [4.78, 5) is 0. The minimum atomic E-state index is 0.454. The van der Waals surface area contributed by atoms with Crippen LogP contribution in [0.1, 0.15) is 114 Å². The summed E-state index contributed by atoms with van der Waals surface area (Å²) < 4.78 is 0. The molecule has 1 aromatic carbocycles. The summed E-state index contributed by atoms with van der Waals surface area (Å²) in [5, 5.41) is 10.9. The molecule has 0 radical (unpaired) electrons. The normalized spacial score (nSPS) is 12.4. The van der Waals surface area contributed by atoms with Gasteiger partial charge in [-0.2, -0.15) is 11.8 Å². The van der Waals surface area contributed by atoms with Crippen molar-refractivity contribution in [1.29, 1.82) is 0 Å². The smallest absolute Gasteiger partial charge is 0.122 e. The zero-order valence-electron chi connectivity index (χ0n) is 17.6. The summed E-state index contributed by atoms with van der Waals surface area (Å²) in [6.07, 6.45) is 17.5. The van der Waals surface area contributed by atoms with Crippen LogP contribution in [-0.2, 0) is 0 Å². The maximum Gasteiger partial charge on any atom is 0.122 e. The Bertz CT molecular complexity index is 458. The molecule has 1 rings (SSSR count). The van der Waals surface area contributed by atoms with Crippen molar-refractivity contribution >= 4 is 11.8 Å². The lowest BCUT2D eigenvalue weighted by molar-refractivity contribution is 0.461. The predicted octanol–water partition coefficient (Wildman–Crippen LogP) is 8.59. The van der Waals surface area contributed by atoms with Gasteiger partial charge in [-0.3, -0.25) is 0 Å². The molecule has 150 valence electrons. The van der Waals surface area contributed by atoms with E-state index in [1.165, 1.54) is 89.2 Å². The Morgan fingerprint density at radius 1 is 0.808 bits per heavy atom. The van der Waals surface area contributed by atoms with Crippen LogP contribution in [0.5, 0.6) is 5.75 Å². The molecule has 0 aliphatic rings. The van der Waals surface area contributed by atoms with Gasteiger partial charge in [-0.25, -0.2) is 0 Å². The molecular formula is C24H42OS. The molecule has 1 nitrogen and oxygen atoms in total. The highest BCUT2D eigenvalue weighted by Crippen LogP contribution is 2.40. The van der Waals surface area contributed by atoms with Gasteiger partial charge in [0.1, 0.15) is 5.75 Å². The molecule has 0 aliphatic heterocycles. The number of rotatable bonds is 16. The third-order valence-electron chi connectivity index (χ3n) is 5.25. The Labute approximate surface area is 167 Å². The first-order valence-electron chi connectivity index (χ1n) is 11.1. The number of phenolic OH excluding ortho intramolecular Hbond substituents is 1. The lowest BCUT2D eigenvalue weighted by atomic mass is 10.0. The fourth-order valence-electron chi connectivity index (χ4n) is 3.46. The van der Waals surface area contributed by atoms with E-state index in [1.54, 1.807) is 0 Å². The second-order valence-electron chi connectivity index (χ2n) is 7.70. The van der Waals surface area contributed by atoms with Crippen molar-refractivity contribution in [2.75, 3.05) is 5.75 Å². The van der Waals surface area contributed by atoms with Crippen LogP contribution in [0.25, 0.3) is 0 Å². The van der Waals surface area contributed by atoms with Gasteiger partial charge in [-0.1, -0.05) is 103 Å². The number of benzene rings is 1. The lowest BCUT2D eigenvalue weighted by Gasteiger charge is -2.19. The van der Waals surface area contributed by atoms with E-state index in [0.29, 0.717) is 11.0 Å². The van der Waals surface area contributed by atoms with Gasteiger partial charge in [0.05, 0.1) is 0 Å². The number of aryl methyl sites for hydroxylation is 1. The Hall–Kier alpha value is -0.630. The van der Waals surface area contributed by atoms with Crippen molar-refractivity contribution in [3.05, 3.63) is 29.3 Å². The van der Waals surface area contributed by atoms with Crippen molar-refractivity contribution in [2.24, 2.45) is 0 Å². The van der Waals surface area contributed by atoms with E-state index in [1.807, 2.05) is 24.8 Å². The summed E-state index contributed by atoms with van der Waals surface area (Å²) in [6, 6.07) is 6.23. The summed E-state index contributed by atoms with van der Waals surface area (Å²) in [7, 11) is 0. The molecule has 0 saturated heterocycles. The molecule has 2 heteroatoms. The fourth-order valence-corrected chi connectivity index (χ4v) is 4.90. The minimum Gasteiger partial charge on any atom is -0.507 e. The molecule has 0 amide bonds. The van der Waals surface area contributed by atoms with Crippen LogP contribution >= 0.6 is 11.8 Å². The second-order valence-corrected chi connectivity index (χ2v) is 9.01. The zero-order chi connectivity index (χ0) is 19.0. The summed E-state index contributed by atoms with van der Waals surface area (Å²) in [6.45, 7) is 6.54. The zero-order valence-corrected chi connectivity index (χ0v) is 18.4. The summed E-state index contributed by atoms with van der Waals surface area (Å²) in [5.74, 6) is 1.72. The van der Waals surface area contributed by atoms with E-state index >= 15 is 0 Å². The Morgan fingerprint density at radius 2 is 1.38 bits per heavy atom. The first kappa shape index (κ1) is 23.4. The number of unbranched alkanes of at least 4 members (excludes halogenated alkanes) is 10.